The van der Waals surface area contributed by atoms with Crippen molar-refractivity contribution >= 4 is 11.6 Å². The Hall–Kier alpha value is 0.290. The summed E-state index contributed by atoms with van der Waals surface area (Å²) in [5.41, 5.74) is 0. The highest BCUT2D eigenvalue weighted by Crippen LogP contribution is 2.11. The van der Waals surface area contributed by atoms with E-state index in [0.717, 1.165) is 0 Å². The summed E-state index contributed by atoms with van der Waals surface area (Å²) in [6, 6.07) is 0. The average molecular weight is 262 g/mol. The van der Waals surface area contributed by atoms with Crippen LogP contribution in [0.2, 0.25) is 0 Å². The molecule has 1 heteroatoms. The second-order valence-corrected chi connectivity index (χ2v) is 1.78. The Morgan fingerprint density at radius 1 is 0.733 bits per heavy atom. The van der Waals surface area contributed by atoms with E-state index in [1.807, 2.05) is 0 Å². The molecule has 0 atom stereocenters. The van der Waals surface area contributed by atoms with Crippen molar-refractivity contribution in [3.63, 3.8) is 0 Å². The van der Waals surface area contributed by atoms with Gasteiger partial charge in [-0.1, -0.05) is 77.0 Å². The molecule has 15 heavy (non-hydrogen) atoms. The third kappa shape index (κ3) is 14.3. The molecule has 0 rings (SSSR count). The maximum Gasteiger partial charge on any atom is 0.0435 e. The second kappa shape index (κ2) is 14.3. The van der Waals surface area contributed by atoms with Gasteiger partial charge in [0.2, 0.25) is 0 Å². The van der Waals surface area contributed by atoms with E-state index < -0.39 is 89.2 Å². The first kappa shape index (κ1) is 1.67. The van der Waals surface area contributed by atoms with Crippen LogP contribution in [-0.4, -0.2) is 5.83 Å². The molecule has 0 aromatic heterocycles. The van der Waals surface area contributed by atoms with E-state index in [0.29, 0.717) is 0 Å². The van der Waals surface area contributed by atoms with Gasteiger partial charge in [-0.05, 0) is 6.37 Å². The fraction of sp³-hybridized carbons (Fsp3) is 1.00. The molecule has 0 aliphatic rings. The van der Waals surface area contributed by atoms with E-state index in [-0.39, 0.29) is 0 Å². The standard InChI is InChI=1S/C14H29Cl/c1-2-3-4-5-6-7-8-9-10-11-12-13-14-15/h2-14H2,1H3/i1D3,2D2,3D2,4D2,5D2,6D2,7D2,8D2,9D2,10D2,11D2,12D2,13D2,14D2. The minimum atomic E-state index is -4.97. The molecule has 0 N–H and O–H groups in total. The van der Waals surface area contributed by atoms with Gasteiger partial charge in [-0.2, -0.15) is 0 Å². The van der Waals surface area contributed by atoms with Crippen LogP contribution in [0.15, 0.2) is 0 Å². The third-order valence-electron chi connectivity index (χ3n) is 0.735. The van der Waals surface area contributed by atoms with Gasteiger partial charge in [0.05, 0.1) is 0 Å². The first-order chi connectivity index (χ1) is 18.2. The molecular weight excluding hydrogens is 204 g/mol. The summed E-state index contributed by atoms with van der Waals surface area (Å²) in [6.07, 6.45) is -56.7. The van der Waals surface area contributed by atoms with Gasteiger partial charge in [0.25, 0.3) is 0 Å². The molecular formula is C14H29Cl. The van der Waals surface area contributed by atoms with Crippen molar-refractivity contribution in [2.45, 2.75) is 83.3 Å². The van der Waals surface area contributed by atoms with Crippen molar-refractivity contribution in [2.24, 2.45) is 0 Å². The summed E-state index contributed by atoms with van der Waals surface area (Å²) in [6.45, 7) is -4.05. The van der Waals surface area contributed by atoms with Crippen molar-refractivity contribution in [1.29, 1.82) is 0 Å². The minimum Gasteiger partial charge on any atom is -0.127 e. The Kier molecular flexibility index (Phi) is 1.59. The van der Waals surface area contributed by atoms with E-state index in [4.69, 9.17) is 51.4 Å². The SMILES string of the molecule is [2H]C([2H])([2H])C([2H])([2H])C([2H])([2H])C([2H])([2H])C([2H])([2H])C([2H])([2H])C([2H])([2H])C([2H])([2H])C([2H])([2H])C([2H])([2H])C([2H])([2H])C([2H])([2H])C([2H])([2H])C([2H])([2H])Cl. The third-order valence-corrected chi connectivity index (χ3v) is 0.829. The summed E-state index contributed by atoms with van der Waals surface area (Å²) < 4.78 is 226. The normalized spacial score (nSPS) is 52.7. The molecule has 0 bridgehead atoms. The van der Waals surface area contributed by atoms with Gasteiger partial charge in [-0.25, -0.2) is 0 Å². The van der Waals surface area contributed by atoms with Crippen molar-refractivity contribution in [3.05, 3.63) is 0 Å². The predicted molar refractivity (Wildman–Crippen MR) is 71.8 cm³/mol. The fourth-order valence-electron chi connectivity index (χ4n) is 0.336. The van der Waals surface area contributed by atoms with Crippen molar-refractivity contribution in [3.8, 4) is 0 Å². The Balaban J connectivity index is 7.52. The number of hydrogen-bond acceptors (Lipinski definition) is 0. The number of halogens is 1. The summed E-state index contributed by atoms with van der Waals surface area (Å²) in [5, 5.41) is 0. The lowest BCUT2D eigenvalue weighted by Gasteiger charge is -2.01. The van der Waals surface area contributed by atoms with E-state index in [1.165, 1.54) is 0 Å². The number of hydrogen-bond donors (Lipinski definition) is 0. The van der Waals surface area contributed by atoms with Crippen LogP contribution in [0.4, 0.5) is 0 Å². The van der Waals surface area contributed by atoms with Crippen molar-refractivity contribution in [1.82, 2.24) is 0 Å². The highest BCUT2D eigenvalue weighted by atomic mass is 35.5. The maximum atomic E-state index is 8.08. The second-order valence-electron chi connectivity index (χ2n) is 1.59. The van der Waals surface area contributed by atoms with Crippen molar-refractivity contribution < 1.29 is 39.8 Å². The van der Waals surface area contributed by atoms with Gasteiger partial charge < -0.3 is 0 Å². The molecule has 0 radical (unpaired) electrons. The van der Waals surface area contributed by atoms with Gasteiger partial charge in [-0.3, -0.25) is 0 Å². The van der Waals surface area contributed by atoms with Crippen LogP contribution >= 0.6 is 11.6 Å². The van der Waals surface area contributed by atoms with Crippen molar-refractivity contribution in [2.75, 3.05) is 5.83 Å². The highest BCUT2D eigenvalue weighted by Gasteiger charge is 1.92. The Bertz CT molecular complexity index is 969. The molecule has 0 aromatic rings. The van der Waals surface area contributed by atoms with E-state index in [9.17, 15) is 0 Å². The summed E-state index contributed by atoms with van der Waals surface area (Å²) in [4.78, 5) is 0. The molecule has 0 nitrogen and oxygen atoms in total. The van der Waals surface area contributed by atoms with Crippen LogP contribution in [0.25, 0.3) is 0 Å². The van der Waals surface area contributed by atoms with Gasteiger partial charge in [0, 0.05) is 45.6 Å². The monoisotopic (exact) mass is 261 g/mol. The summed E-state index contributed by atoms with van der Waals surface area (Å²) in [5.74, 6) is -3.84. The quantitative estimate of drug-likeness (QED) is 0.382. The smallest absolute Gasteiger partial charge is 0.0435 e. The largest absolute Gasteiger partial charge is 0.127 e. The molecule has 0 saturated heterocycles. The number of alkyl halides is 1. The van der Waals surface area contributed by atoms with Crippen LogP contribution in [0.3, 0.4) is 0 Å². The molecule has 0 unspecified atom stereocenters. The van der Waals surface area contributed by atoms with Gasteiger partial charge in [0.15, 0.2) is 0 Å². The zero-order valence-electron chi connectivity index (χ0n) is 36.4. The zero-order valence-corrected chi connectivity index (χ0v) is 8.13. The van der Waals surface area contributed by atoms with Gasteiger partial charge in [-0.15, -0.1) is 11.6 Å². The lowest BCUT2D eigenvalue weighted by molar-refractivity contribution is 0.548. The Morgan fingerprint density at radius 3 is 1.53 bits per heavy atom. The molecule has 0 fully saturated rings. The molecule has 0 aliphatic heterocycles. The van der Waals surface area contributed by atoms with Crippen LogP contribution < -0.4 is 0 Å². The zero-order chi connectivity index (χ0) is 37.0. The van der Waals surface area contributed by atoms with Gasteiger partial charge in [0.1, 0.15) is 0 Å². The van der Waals surface area contributed by atoms with Crippen LogP contribution in [0.1, 0.15) is 123 Å². The summed E-state index contributed by atoms with van der Waals surface area (Å²) >= 11 is 5.17. The van der Waals surface area contributed by atoms with Gasteiger partial charge >= 0.3 is 0 Å². The minimum absolute atomic E-state index is 3.84. The Morgan fingerprint density at radius 2 is 1.13 bits per heavy atom. The first-order valence-corrected chi connectivity index (χ1v) is 3.82. The molecule has 0 saturated carbocycles. The van der Waals surface area contributed by atoms with Crippen LogP contribution in [0, 0.1) is 0 Å². The molecule has 92 valence electrons. The molecule has 0 heterocycles. The number of rotatable bonds is 12. The highest BCUT2D eigenvalue weighted by molar-refractivity contribution is 6.17. The Labute approximate surface area is 143 Å². The fourth-order valence-corrected chi connectivity index (χ4v) is 0.383. The topological polar surface area (TPSA) is 0 Å². The predicted octanol–water partition coefficient (Wildman–Crippen LogP) is 5.93. The average Bonchev–Trinajstić information content (AvgIpc) is 2.75. The van der Waals surface area contributed by atoms with E-state index >= 15 is 0 Å². The van der Waals surface area contributed by atoms with E-state index in [2.05, 4.69) is 0 Å². The summed E-state index contributed by atoms with van der Waals surface area (Å²) in [7, 11) is 0. The molecule has 0 spiro atoms. The van der Waals surface area contributed by atoms with Crippen LogP contribution in [-0.2, 0) is 0 Å². The molecule has 0 aromatic carbocycles. The lowest BCUT2D eigenvalue weighted by Crippen LogP contribution is -1.82. The van der Waals surface area contributed by atoms with E-state index in [1.54, 1.807) is 0 Å². The van der Waals surface area contributed by atoms with Crippen LogP contribution in [0.5, 0.6) is 0 Å². The molecule has 0 aliphatic carbocycles. The lowest BCUT2D eigenvalue weighted by atomic mass is 10.1. The maximum absolute atomic E-state index is 8.08. The molecule has 0 amide bonds. The first-order valence-electron chi connectivity index (χ1n) is 17.9.